The van der Waals surface area contributed by atoms with Crippen molar-refractivity contribution >= 4 is 28.6 Å². The van der Waals surface area contributed by atoms with Crippen molar-refractivity contribution in [3.8, 4) is 0 Å². The Morgan fingerprint density at radius 1 is 1.62 bits per heavy atom. The minimum absolute atomic E-state index is 0.0943. The van der Waals surface area contributed by atoms with Crippen molar-refractivity contribution in [1.29, 1.82) is 0 Å². The molecule has 0 atom stereocenters. The molecule has 0 aliphatic rings. The number of pyridine rings is 1. The molecule has 0 radical (unpaired) electrons. The van der Waals surface area contributed by atoms with Crippen LogP contribution in [0.4, 0.5) is 10.1 Å². The fraction of sp³-hybridized carbons (Fsp3) is 0.273. The Labute approximate surface area is 97.9 Å². The summed E-state index contributed by atoms with van der Waals surface area (Å²) in [6.45, 7) is 1.53. The van der Waals surface area contributed by atoms with E-state index in [0.29, 0.717) is 17.1 Å². The van der Waals surface area contributed by atoms with E-state index in [1.165, 1.54) is 30.8 Å². The summed E-state index contributed by atoms with van der Waals surface area (Å²) >= 11 is 1.26. The second kappa shape index (κ2) is 6.27. The van der Waals surface area contributed by atoms with Gasteiger partial charge >= 0.3 is 0 Å². The van der Waals surface area contributed by atoms with Crippen molar-refractivity contribution in [2.45, 2.75) is 13.3 Å². The van der Waals surface area contributed by atoms with E-state index in [0.717, 1.165) is 6.42 Å². The van der Waals surface area contributed by atoms with Crippen molar-refractivity contribution in [2.75, 3.05) is 11.5 Å². The predicted molar refractivity (Wildman–Crippen MR) is 65.4 cm³/mol. The van der Waals surface area contributed by atoms with Crippen LogP contribution >= 0.6 is 11.8 Å². The number of hydrogen-bond donors (Lipinski definition) is 1. The summed E-state index contributed by atoms with van der Waals surface area (Å²) in [5.74, 6) is 0.160. The number of anilines is 1. The molecule has 0 aliphatic carbocycles. The van der Waals surface area contributed by atoms with Crippen molar-refractivity contribution in [3.63, 3.8) is 0 Å². The van der Waals surface area contributed by atoms with Crippen molar-refractivity contribution in [3.05, 3.63) is 29.9 Å². The lowest BCUT2D eigenvalue weighted by atomic mass is 10.2. The molecule has 2 N–H and O–H groups in total. The number of nitrogens with zero attached hydrogens (tertiary/aromatic N) is 1. The lowest BCUT2D eigenvalue weighted by molar-refractivity contribution is -0.109. The molecule has 0 aromatic carbocycles. The first-order valence-corrected chi connectivity index (χ1v) is 5.80. The topological polar surface area (TPSA) is 56.0 Å². The van der Waals surface area contributed by atoms with E-state index >= 15 is 0 Å². The summed E-state index contributed by atoms with van der Waals surface area (Å²) in [6, 6.07) is 2.70. The van der Waals surface area contributed by atoms with Crippen LogP contribution < -0.4 is 5.73 Å². The molecule has 16 heavy (non-hydrogen) atoms. The Morgan fingerprint density at radius 3 is 3.06 bits per heavy atom. The molecule has 0 spiro atoms. The summed E-state index contributed by atoms with van der Waals surface area (Å²) in [5, 5.41) is 0.0943. The zero-order valence-corrected chi connectivity index (χ0v) is 9.76. The summed E-state index contributed by atoms with van der Waals surface area (Å²) in [6.07, 6.45) is 4.22. The number of carbonyl (C=O) groups excluding carboxylic acids is 1. The Balaban J connectivity index is 2.49. The van der Waals surface area contributed by atoms with Crippen LogP contribution in [0, 0.1) is 5.95 Å². The highest BCUT2D eigenvalue weighted by molar-refractivity contribution is 8.13. The molecular weight excluding hydrogens is 227 g/mol. The van der Waals surface area contributed by atoms with Gasteiger partial charge in [0.15, 0.2) is 5.12 Å². The first-order chi connectivity index (χ1) is 7.59. The average molecular weight is 240 g/mol. The van der Waals surface area contributed by atoms with Gasteiger partial charge < -0.3 is 5.73 Å². The first-order valence-electron chi connectivity index (χ1n) is 4.81. The van der Waals surface area contributed by atoms with E-state index in [4.69, 9.17) is 5.73 Å². The van der Waals surface area contributed by atoms with Crippen LogP contribution in [0.15, 0.2) is 18.2 Å². The normalized spacial score (nSPS) is 10.9. The Kier molecular flexibility index (Phi) is 4.98. The van der Waals surface area contributed by atoms with Crippen molar-refractivity contribution in [1.82, 2.24) is 4.98 Å². The van der Waals surface area contributed by atoms with Crippen LogP contribution in [0.25, 0.3) is 6.08 Å². The maximum atomic E-state index is 12.8. The van der Waals surface area contributed by atoms with Gasteiger partial charge in [-0.3, -0.25) is 4.79 Å². The highest BCUT2D eigenvalue weighted by atomic mass is 32.2. The first kappa shape index (κ1) is 12.7. The molecule has 5 heteroatoms. The van der Waals surface area contributed by atoms with Crippen molar-refractivity contribution < 1.29 is 9.18 Å². The third-order valence-corrected chi connectivity index (χ3v) is 2.64. The molecule has 1 aromatic rings. The molecule has 0 saturated heterocycles. The largest absolute Gasteiger partial charge is 0.397 e. The van der Waals surface area contributed by atoms with Gasteiger partial charge in [0, 0.05) is 12.7 Å². The minimum Gasteiger partial charge on any atom is -0.397 e. The van der Waals surface area contributed by atoms with E-state index in [9.17, 15) is 9.18 Å². The van der Waals surface area contributed by atoms with E-state index in [2.05, 4.69) is 4.98 Å². The zero-order valence-electron chi connectivity index (χ0n) is 8.94. The number of rotatable bonds is 4. The smallest absolute Gasteiger partial charge is 0.213 e. The Bertz CT molecular complexity index is 407. The van der Waals surface area contributed by atoms with Gasteiger partial charge in [-0.25, -0.2) is 4.98 Å². The quantitative estimate of drug-likeness (QED) is 0.649. The van der Waals surface area contributed by atoms with Crippen LogP contribution in [0.3, 0.4) is 0 Å². The molecule has 0 amide bonds. The molecule has 86 valence electrons. The molecule has 0 aliphatic heterocycles. The standard InChI is InChI=1S/C11H13FN2OS/c1-8(15)16-7-3-2-4-10-9(13)5-6-11(12)14-10/h2,4-6H,3,7,13H2,1H3. The van der Waals surface area contributed by atoms with Gasteiger partial charge in [-0.05, 0) is 24.6 Å². The van der Waals surface area contributed by atoms with Gasteiger partial charge in [-0.2, -0.15) is 4.39 Å². The SMILES string of the molecule is CC(=O)SCCC=Cc1nc(F)ccc1N. The summed E-state index contributed by atoms with van der Waals surface area (Å²) in [5.41, 5.74) is 6.48. The maximum absolute atomic E-state index is 12.8. The van der Waals surface area contributed by atoms with Crippen LogP contribution in [0.2, 0.25) is 0 Å². The number of nitrogens with two attached hydrogens (primary N) is 1. The zero-order chi connectivity index (χ0) is 12.0. The molecule has 1 aromatic heterocycles. The van der Waals surface area contributed by atoms with E-state index in [1.54, 1.807) is 6.08 Å². The maximum Gasteiger partial charge on any atom is 0.213 e. The number of halogens is 1. The van der Waals surface area contributed by atoms with Crippen LogP contribution in [-0.4, -0.2) is 15.9 Å². The fourth-order valence-electron chi connectivity index (χ4n) is 1.06. The molecular formula is C11H13FN2OS. The number of nitrogen functional groups attached to an aromatic ring is 1. The predicted octanol–water partition coefficient (Wildman–Crippen LogP) is 2.49. The molecule has 0 fully saturated rings. The third-order valence-electron chi connectivity index (χ3n) is 1.79. The second-order valence-electron chi connectivity index (χ2n) is 3.14. The lowest BCUT2D eigenvalue weighted by Crippen LogP contribution is -1.94. The highest BCUT2D eigenvalue weighted by Gasteiger charge is 1.98. The van der Waals surface area contributed by atoms with Gasteiger partial charge in [-0.15, -0.1) is 0 Å². The van der Waals surface area contributed by atoms with Crippen molar-refractivity contribution in [2.24, 2.45) is 0 Å². The molecule has 3 nitrogen and oxygen atoms in total. The average Bonchev–Trinajstić information content (AvgIpc) is 2.22. The summed E-state index contributed by atoms with van der Waals surface area (Å²) in [4.78, 5) is 14.3. The van der Waals surface area contributed by atoms with Gasteiger partial charge in [-0.1, -0.05) is 17.8 Å². The Morgan fingerprint density at radius 2 is 2.38 bits per heavy atom. The van der Waals surface area contributed by atoms with Gasteiger partial charge in [0.1, 0.15) is 0 Å². The monoisotopic (exact) mass is 240 g/mol. The van der Waals surface area contributed by atoms with E-state index in [-0.39, 0.29) is 5.12 Å². The number of carbonyl (C=O) groups is 1. The molecule has 0 bridgehead atoms. The van der Waals surface area contributed by atoms with Gasteiger partial charge in [0.2, 0.25) is 5.95 Å². The Hall–Kier alpha value is -1.36. The molecule has 1 rings (SSSR count). The van der Waals surface area contributed by atoms with E-state index in [1.807, 2.05) is 6.08 Å². The number of aromatic nitrogens is 1. The number of allylic oxidation sites excluding steroid dienone is 1. The minimum atomic E-state index is -0.549. The fourth-order valence-corrected chi connectivity index (χ4v) is 1.60. The third kappa shape index (κ3) is 4.44. The van der Waals surface area contributed by atoms with E-state index < -0.39 is 5.95 Å². The lowest BCUT2D eigenvalue weighted by Gasteiger charge is -1.98. The highest BCUT2D eigenvalue weighted by Crippen LogP contribution is 2.12. The summed E-state index contributed by atoms with van der Waals surface area (Å²) < 4.78 is 12.8. The number of thioether (sulfide) groups is 1. The van der Waals surface area contributed by atoms with Gasteiger partial charge in [0.25, 0.3) is 0 Å². The second-order valence-corrected chi connectivity index (χ2v) is 4.41. The number of hydrogen-bond acceptors (Lipinski definition) is 4. The van der Waals surface area contributed by atoms with Crippen LogP contribution in [-0.2, 0) is 4.79 Å². The molecule has 0 unspecified atom stereocenters. The molecule has 1 heterocycles. The summed E-state index contributed by atoms with van der Waals surface area (Å²) in [7, 11) is 0. The molecule has 0 saturated carbocycles. The van der Waals surface area contributed by atoms with Crippen LogP contribution in [0.1, 0.15) is 19.0 Å². The van der Waals surface area contributed by atoms with Crippen LogP contribution in [0.5, 0.6) is 0 Å². The van der Waals surface area contributed by atoms with Gasteiger partial charge in [0.05, 0.1) is 11.4 Å².